The highest BCUT2D eigenvalue weighted by molar-refractivity contribution is 6.31. The maximum absolute atomic E-state index is 12.2. The standard InChI is InChI=1S/C18H22ClN3O2/c1-11-6-8-16(24-5)15(10-11)12(2)20-17(23)9-7-14-13(3)21-22(4)18(14)19/h6-10,12H,1-5H3,(H,20,23)/b9-7+. The van der Waals surface area contributed by atoms with Crippen molar-refractivity contribution >= 4 is 23.6 Å². The number of amides is 1. The Kier molecular flexibility index (Phi) is 5.67. The van der Waals surface area contributed by atoms with E-state index in [1.165, 1.54) is 6.08 Å². The van der Waals surface area contributed by atoms with Gasteiger partial charge in [0, 0.05) is 24.3 Å². The van der Waals surface area contributed by atoms with E-state index in [0.29, 0.717) is 5.15 Å². The fourth-order valence-electron chi connectivity index (χ4n) is 2.53. The highest BCUT2D eigenvalue weighted by atomic mass is 35.5. The maximum Gasteiger partial charge on any atom is 0.244 e. The Hall–Kier alpha value is -2.27. The molecule has 1 aromatic heterocycles. The first-order chi connectivity index (χ1) is 11.3. The zero-order valence-corrected chi connectivity index (χ0v) is 15.3. The van der Waals surface area contributed by atoms with Crippen molar-refractivity contribution in [2.75, 3.05) is 7.11 Å². The average molecular weight is 348 g/mol. The largest absolute Gasteiger partial charge is 0.496 e. The smallest absolute Gasteiger partial charge is 0.244 e. The van der Waals surface area contributed by atoms with E-state index in [4.69, 9.17) is 16.3 Å². The fourth-order valence-corrected chi connectivity index (χ4v) is 2.76. The predicted octanol–water partition coefficient (Wildman–Crippen LogP) is 3.59. The van der Waals surface area contributed by atoms with Gasteiger partial charge in [-0.2, -0.15) is 5.10 Å². The summed E-state index contributed by atoms with van der Waals surface area (Å²) in [6.07, 6.45) is 3.15. The number of aryl methyl sites for hydroxylation is 3. The van der Waals surface area contributed by atoms with Crippen LogP contribution in [0.4, 0.5) is 0 Å². The van der Waals surface area contributed by atoms with E-state index >= 15 is 0 Å². The number of halogens is 1. The molecule has 1 heterocycles. The fraction of sp³-hybridized carbons (Fsp3) is 0.333. The molecule has 24 heavy (non-hydrogen) atoms. The molecule has 1 N–H and O–H groups in total. The van der Waals surface area contributed by atoms with E-state index in [2.05, 4.69) is 10.4 Å². The normalized spacial score (nSPS) is 12.4. The van der Waals surface area contributed by atoms with E-state index in [-0.39, 0.29) is 11.9 Å². The number of ether oxygens (including phenoxy) is 1. The number of hydrogen-bond acceptors (Lipinski definition) is 3. The lowest BCUT2D eigenvalue weighted by Gasteiger charge is -2.17. The molecule has 0 spiro atoms. The third kappa shape index (κ3) is 3.97. The van der Waals surface area contributed by atoms with Gasteiger partial charge in [0.05, 0.1) is 18.8 Å². The molecule has 2 aromatic rings. The van der Waals surface area contributed by atoms with E-state index < -0.39 is 0 Å². The summed E-state index contributed by atoms with van der Waals surface area (Å²) in [5, 5.41) is 7.66. The van der Waals surface area contributed by atoms with Crippen molar-refractivity contribution in [1.29, 1.82) is 0 Å². The second kappa shape index (κ2) is 7.53. The summed E-state index contributed by atoms with van der Waals surface area (Å²) < 4.78 is 6.95. The van der Waals surface area contributed by atoms with Gasteiger partial charge in [0.15, 0.2) is 0 Å². The van der Waals surface area contributed by atoms with Crippen molar-refractivity contribution in [2.45, 2.75) is 26.8 Å². The van der Waals surface area contributed by atoms with Crippen molar-refractivity contribution in [3.05, 3.63) is 51.8 Å². The summed E-state index contributed by atoms with van der Waals surface area (Å²) in [6.45, 7) is 5.78. The number of rotatable bonds is 5. The van der Waals surface area contributed by atoms with Crippen molar-refractivity contribution in [3.8, 4) is 5.75 Å². The SMILES string of the molecule is COc1ccc(C)cc1C(C)NC(=O)/C=C/c1c(C)nn(C)c1Cl. The number of hydrogen-bond donors (Lipinski definition) is 1. The third-order valence-corrected chi connectivity index (χ3v) is 4.26. The second-order valence-corrected chi connectivity index (χ2v) is 6.08. The number of methoxy groups -OCH3 is 1. The number of benzene rings is 1. The van der Waals surface area contributed by atoms with E-state index in [1.54, 1.807) is 24.9 Å². The second-order valence-electron chi connectivity index (χ2n) is 5.72. The van der Waals surface area contributed by atoms with Crippen LogP contribution in [0.3, 0.4) is 0 Å². The molecule has 0 radical (unpaired) electrons. The van der Waals surface area contributed by atoms with Gasteiger partial charge in [0.2, 0.25) is 5.91 Å². The minimum atomic E-state index is -0.203. The van der Waals surface area contributed by atoms with Crippen LogP contribution in [-0.2, 0) is 11.8 Å². The minimum absolute atomic E-state index is 0.178. The lowest BCUT2D eigenvalue weighted by Crippen LogP contribution is -2.25. The molecule has 0 aliphatic heterocycles. The molecule has 0 saturated carbocycles. The van der Waals surface area contributed by atoms with Gasteiger partial charge in [-0.05, 0) is 32.9 Å². The molecular weight excluding hydrogens is 326 g/mol. The van der Waals surface area contributed by atoms with Crippen molar-refractivity contribution < 1.29 is 9.53 Å². The molecule has 2 rings (SSSR count). The topological polar surface area (TPSA) is 56.1 Å². The monoisotopic (exact) mass is 347 g/mol. The van der Waals surface area contributed by atoms with Crippen LogP contribution in [-0.4, -0.2) is 22.8 Å². The molecule has 0 aliphatic carbocycles. The number of aromatic nitrogens is 2. The van der Waals surface area contributed by atoms with Crippen LogP contribution < -0.4 is 10.1 Å². The third-order valence-electron chi connectivity index (χ3n) is 3.81. The summed E-state index contributed by atoms with van der Waals surface area (Å²) >= 11 is 6.16. The number of nitrogens with zero attached hydrogens (tertiary/aromatic N) is 2. The molecule has 0 fully saturated rings. The molecule has 128 valence electrons. The molecule has 1 aromatic carbocycles. The van der Waals surface area contributed by atoms with E-state index in [1.807, 2.05) is 39.0 Å². The Morgan fingerprint density at radius 1 is 1.42 bits per heavy atom. The van der Waals surface area contributed by atoms with Gasteiger partial charge in [-0.3, -0.25) is 9.48 Å². The Labute approximate surface area is 147 Å². The molecular formula is C18H22ClN3O2. The summed E-state index contributed by atoms with van der Waals surface area (Å²) in [5.41, 5.74) is 3.57. The zero-order valence-electron chi connectivity index (χ0n) is 14.6. The minimum Gasteiger partial charge on any atom is -0.496 e. The maximum atomic E-state index is 12.2. The van der Waals surface area contributed by atoms with Gasteiger partial charge < -0.3 is 10.1 Å². The molecule has 5 nitrogen and oxygen atoms in total. The molecule has 1 atom stereocenters. The van der Waals surface area contributed by atoms with Crippen LogP contribution >= 0.6 is 11.6 Å². The Morgan fingerprint density at radius 2 is 2.12 bits per heavy atom. The lowest BCUT2D eigenvalue weighted by atomic mass is 10.0. The Bertz CT molecular complexity index is 781. The molecule has 0 bridgehead atoms. The van der Waals surface area contributed by atoms with Crippen LogP contribution in [0.5, 0.6) is 5.75 Å². The number of carbonyl (C=O) groups excluding carboxylic acids is 1. The summed E-state index contributed by atoms with van der Waals surface area (Å²) in [7, 11) is 3.38. The molecule has 0 saturated heterocycles. The van der Waals surface area contributed by atoms with Crippen LogP contribution in [0.2, 0.25) is 5.15 Å². The highest BCUT2D eigenvalue weighted by Gasteiger charge is 2.14. The van der Waals surface area contributed by atoms with Gasteiger partial charge in [0.1, 0.15) is 10.9 Å². The van der Waals surface area contributed by atoms with Crippen LogP contribution in [0.1, 0.15) is 35.3 Å². The van der Waals surface area contributed by atoms with Gasteiger partial charge in [0.25, 0.3) is 0 Å². The number of nitrogens with one attached hydrogen (secondary N) is 1. The first-order valence-corrected chi connectivity index (χ1v) is 8.03. The summed E-state index contributed by atoms with van der Waals surface area (Å²) in [5.74, 6) is 0.550. The summed E-state index contributed by atoms with van der Waals surface area (Å²) in [4.78, 5) is 12.2. The molecule has 0 aliphatic rings. The highest BCUT2D eigenvalue weighted by Crippen LogP contribution is 2.26. The molecule has 1 amide bonds. The quantitative estimate of drug-likeness (QED) is 0.841. The Morgan fingerprint density at radius 3 is 2.71 bits per heavy atom. The van der Waals surface area contributed by atoms with Crippen molar-refractivity contribution in [2.24, 2.45) is 7.05 Å². The van der Waals surface area contributed by atoms with Crippen molar-refractivity contribution in [3.63, 3.8) is 0 Å². The van der Waals surface area contributed by atoms with Crippen LogP contribution in [0, 0.1) is 13.8 Å². The molecule has 1 unspecified atom stereocenters. The van der Waals surface area contributed by atoms with E-state index in [0.717, 1.165) is 28.1 Å². The zero-order chi connectivity index (χ0) is 17.9. The van der Waals surface area contributed by atoms with Gasteiger partial charge in [-0.15, -0.1) is 0 Å². The van der Waals surface area contributed by atoms with Crippen LogP contribution in [0.15, 0.2) is 24.3 Å². The summed E-state index contributed by atoms with van der Waals surface area (Å²) in [6, 6.07) is 5.71. The lowest BCUT2D eigenvalue weighted by molar-refractivity contribution is -0.117. The van der Waals surface area contributed by atoms with Crippen molar-refractivity contribution in [1.82, 2.24) is 15.1 Å². The van der Waals surface area contributed by atoms with Crippen LogP contribution in [0.25, 0.3) is 6.08 Å². The van der Waals surface area contributed by atoms with Gasteiger partial charge >= 0.3 is 0 Å². The van der Waals surface area contributed by atoms with Gasteiger partial charge in [-0.1, -0.05) is 29.3 Å². The number of carbonyl (C=O) groups is 1. The molecule has 6 heteroatoms. The first-order valence-electron chi connectivity index (χ1n) is 7.65. The first kappa shape index (κ1) is 18.1. The predicted molar refractivity (Wildman–Crippen MR) is 96.3 cm³/mol. The van der Waals surface area contributed by atoms with E-state index in [9.17, 15) is 4.79 Å². The average Bonchev–Trinajstić information content (AvgIpc) is 2.78. The van der Waals surface area contributed by atoms with Gasteiger partial charge in [-0.25, -0.2) is 0 Å². The Balaban J connectivity index is 2.12.